The fourth-order valence-corrected chi connectivity index (χ4v) is 4.61. The van der Waals surface area contributed by atoms with E-state index < -0.39 is 0 Å². The first-order chi connectivity index (χ1) is 15.0. The van der Waals surface area contributed by atoms with Crippen LogP contribution >= 0.6 is 0 Å². The third-order valence-corrected chi connectivity index (χ3v) is 6.84. The number of aliphatic imine (C=N–C) groups is 1. The number of aliphatic hydroxyl groups is 1. The summed E-state index contributed by atoms with van der Waals surface area (Å²) in [5, 5.41) is 16.3. The van der Waals surface area contributed by atoms with Gasteiger partial charge in [-0.1, -0.05) is 18.6 Å². The Morgan fingerprint density at radius 2 is 1.71 bits per heavy atom. The summed E-state index contributed by atoms with van der Waals surface area (Å²) in [5.74, 6) is 1.37. The van der Waals surface area contributed by atoms with Crippen LogP contribution in [0.1, 0.15) is 58.4 Å². The average molecular weight is 430 g/mol. The van der Waals surface area contributed by atoms with Gasteiger partial charge >= 0.3 is 0 Å². The summed E-state index contributed by atoms with van der Waals surface area (Å²) in [6.07, 6.45) is 6.14. The zero-order valence-corrected chi connectivity index (χ0v) is 19.9. The van der Waals surface area contributed by atoms with E-state index in [1.165, 1.54) is 43.6 Å². The quantitative estimate of drug-likeness (QED) is 0.437. The third-order valence-electron chi connectivity index (χ3n) is 6.84. The zero-order valence-electron chi connectivity index (χ0n) is 19.9. The summed E-state index contributed by atoms with van der Waals surface area (Å²) in [7, 11) is 0. The molecule has 0 amide bonds. The second-order valence-electron chi connectivity index (χ2n) is 9.69. The standard InChI is InChI=1S/C25H43N5O/c1-4-26-24(28-20-25(2,3)30-14-6-5-7-15-30)27-18-21-8-10-23(11-9-21)29-16-12-22(19-31)13-17-29/h8-11,22,31H,4-7,12-20H2,1-3H3,(H2,26,27,28). The van der Waals surface area contributed by atoms with Gasteiger partial charge < -0.3 is 20.6 Å². The smallest absolute Gasteiger partial charge is 0.191 e. The molecule has 3 N–H and O–H groups in total. The molecule has 0 spiro atoms. The molecule has 2 saturated heterocycles. The Balaban J connectivity index is 1.52. The summed E-state index contributed by atoms with van der Waals surface area (Å²) in [4.78, 5) is 9.86. The number of nitrogens with one attached hydrogen (secondary N) is 2. The van der Waals surface area contributed by atoms with Gasteiger partial charge in [0.15, 0.2) is 5.96 Å². The molecule has 1 aromatic carbocycles. The van der Waals surface area contributed by atoms with Gasteiger partial charge in [0.2, 0.25) is 0 Å². The number of guanidine groups is 1. The van der Waals surface area contributed by atoms with Gasteiger partial charge in [-0.2, -0.15) is 0 Å². The van der Waals surface area contributed by atoms with Crippen LogP contribution in [0.4, 0.5) is 5.69 Å². The fourth-order valence-electron chi connectivity index (χ4n) is 4.61. The Bertz CT molecular complexity index is 674. The summed E-state index contributed by atoms with van der Waals surface area (Å²) in [6, 6.07) is 8.81. The molecule has 0 atom stereocenters. The molecule has 0 aliphatic carbocycles. The van der Waals surface area contributed by atoms with Crippen LogP contribution in [0.25, 0.3) is 0 Å². The maximum atomic E-state index is 9.33. The minimum atomic E-state index is 0.127. The summed E-state index contributed by atoms with van der Waals surface area (Å²) in [6.45, 7) is 14.0. The highest BCUT2D eigenvalue weighted by Crippen LogP contribution is 2.23. The molecule has 1 aromatic rings. The Morgan fingerprint density at radius 1 is 1.03 bits per heavy atom. The highest BCUT2D eigenvalue weighted by molar-refractivity contribution is 5.79. The van der Waals surface area contributed by atoms with Gasteiger partial charge in [-0.05, 0) is 83.2 Å². The number of benzene rings is 1. The van der Waals surface area contributed by atoms with Crippen molar-refractivity contribution in [1.29, 1.82) is 0 Å². The van der Waals surface area contributed by atoms with E-state index in [1.807, 2.05) is 0 Å². The van der Waals surface area contributed by atoms with Gasteiger partial charge in [-0.3, -0.25) is 4.90 Å². The first-order valence-electron chi connectivity index (χ1n) is 12.2. The predicted octanol–water partition coefficient (Wildman–Crippen LogP) is 3.21. The largest absolute Gasteiger partial charge is 0.396 e. The van der Waals surface area contributed by atoms with E-state index in [1.54, 1.807) is 0 Å². The van der Waals surface area contributed by atoms with Crippen molar-refractivity contribution in [3.8, 4) is 0 Å². The average Bonchev–Trinajstić information content (AvgIpc) is 2.82. The van der Waals surface area contributed by atoms with E-state index in [4.69, 9.17) is 4.99 Å². The second-order valence-corrected chi connectivity index (χ2v) is 9.69. The van der Waals surface area contributed by atoms with Crippen molar-refractivity contribution < 1.29 is 5.11 Å². The third kappa shape index (κ3) is 7.11. The number of piperidine rings is 2. The van der Waals surface area contributed by atoms with Gasteiger partial charge in [0.25, 0.3) is 0 Å². The monoisotopic (exact) mass is 429 g/mol. The van der Waals surface area contributed by atoms with Crippen LogP contribution < -0.4 is 15.5 Å². The first-order valence-corrected chi connectivity index (χ1v) is 12.2. The lowest BCUT2D eigenvalue weighted by Crippen LogP contribution is -2.54. The van der Waals surface area contributed by atoms with Crippen molar-refractivity contribution in [2.45, 2.75) is 65.0 Å². The van der Waals surface area contributed by atoms with Crippen LogP contribution in [-0.4, -0.2) is 67.4 Å². The number of hydrogen-bond acceptors (Lipinski definition) is 4. The van der Waals surface area contributed by atoms with Crippen molar-refractivity contribution in [3.63, 3.8) is 0 Å². The Morgan fingerprint density at radius 3 is 2.32 bits per heavy atom. The lowest BCUT2D eigenvalue weighted by atomic mass is 9.97. The lowest BCUT2D eigenvalue weighted by Gasteiger charge is -2.41. The molecule has 6 heteroatoms. The Labute approximate surface area is 189 Å². The van der Waals surface area contributed by atoms with E-state index in [2.05, 4.69) is 65.5 Å². The van der Waals surface area contributed by atoms with Gasteiger partial charge in [-0.25, -0.2) is 4.99 Å². The van der Waals surface area contributed by atoms with Crippen LogP contribution in [0.2, 0.25) is 0 Å². The first kappa shape index (κ1) is 23.9. The fraction of sp³-hybridized carbons (Fsp3) is 0.720. The van der Waals surface area contributed by atoms with Crippen molar-refractivity contribution >= 4 is 11.6 Å². The van der Waals surface area contributed by atoms with Gasteiger partial charge in [0.05, 0.1) is 6.54 Å². The number of rotatable bonds is 8. The van der Waals surface area contributed by atoms with Gasteiger partial charge in [0, 0.05) is 44.0 Å². The van der Waals surface area contributed by atoms with E-state index in [-0.39, 0.29) is 5.54 Å². The van der Waals surface area contributed by atoms with Crippen molar-refractivity contribution in [3.05, 3.63) is 29.8 Å². The van der Waals surface area contributed by atoms with Crippen LogP contribution in [0.15, 0.2) is 29.3 Å². The van der Waals surface area contributed by atoms with Crippen molar-refractivity contribution in [2.24, 2.45) is 10.9 Å². The van der Waals surface area contributed by atoms with Crippen LogP contribution in [0.5, 0.6) is 0 Å². The van der Waals surface area contributed by atoms with Gasteiger partial charge in [0.1, 0.15) is 0 Å². The maximum absolute atomic E-state index is 9.33. The van der Waals surface area contributed by atoms with Gasteiger partial charge in [-0.15, -0.1) is 0 Å². The summed E-state index contributed by atoms with van der Waals surface area (Å²) < 4.78 is 0. The molecule has 0 radical (unpaired) electrons. The number of nitrogens with zero attached hydrogens (tertiary/aromatic N) is 3. The second kappa shape index (κ2) is 11.7. The number of aliphatic hydroxyl groups excluding tert-OH is 1. The molecule has 2 aliphatic heterocycles. The molecule has 0 saturated carbocycles. The number of anilines is 1. The molecule has 31 heavy (non-hydrogen) atoms. The van der Waals surface area contributed by atoms with Crippen LogP contribution in [-0.2, 0) is 6.54 Å². The molecule has 2 aliphatic rings. The predicted molar refractivity (Wildman–Crippen MR) is 131 cm³/mol. The maximum Gasteiger partial charge on any atom is 0.191 e. The van der Waals surface area contributed by atoms with Crippen molar-refractivity contribution in [1.82, 2.24) is 15.5 Å². The molecular weight excluding hydrogens is 386 g/mol. The molecule has 2 fully saturated rings. The van der Waals surface area contributed by atoms with E-state index in [0.717, 1.165) is 45.0 Å². The molecule has 0 aromatic heterocycles. The molecule has 3 rings (SSSR count). The zero-order chi connectivity index (χ0) is 22.1. The summed E-state index contributed by atoms with van der Waals surface area (Å²) in [5.41, 5.74) is 2.63. The molecule has 0 bridgehead atoms. The number of hydrogen-bond donors (Lipinski definition) is 3. The minimum absolute atomic E-state index is 0.127. The topological polar surface area (TPSA) is 63.1 Å². The van der Waals surface area contributed by atoms with Crippen LogP contribution in [0.3, 0.4) is 0 Å². The normalized spacial score (nSPS) is 19.5. The van der Waals surface area contributed by atoms with Crippen molar-refractivity contribution in [2.75, 3.05) is 50.8 Å². The summed E-state index contributed by atoms with van der Waals surface area (Å²) >= 11 is 0. The lowest BCUT2D eigenvalue weighted by molar-refractivity contribution is 0.0982. The number of likely N-dealkylation sites (tertiary alicyclic amines) is 1. The van der Waals surface area contributed by atoms with E-state index in [9.17, 15) is 5.11 Å². The highest BCUT2D eigenvalue weighted by atomic mass is 16.3. The molecular formula is C25H43N5O. The van der Waals surface area contributed by atoms with E-state index >= 15 is 0 Å². The van der Waals surface area contributed by atoms with E-state index in [0.29, 0.717) is 19.1 Å². The Kier molecular flexibility index (Phi) is 9.02. The van der Waals surface area contributed by atoms with Crippen LogP contribution in [0, 0.1) is 5.92 Å². The molecule has 2 heterocycles. The SMILES string of the molecule is CCNC(=NCc1ccc(N2CCC(CO)CC2)cc1)NCC(C)(C)N1CCCCC1. The molecule has 174 valence electrons. The Hall–Kier alpha value is -1.79. The molecule has 0 unspecified atom stereocenters. The minimum Gasteiger partial charge on any atom is -0.396 e. The molecule has 6 nitrogen and oxygen atoms in total. The highest BCUT2D eigenvalue weighted by Gasteiger charge is 2.27.